The van der Waals surface area contributed by atoms with E-state index in [2.05, 4.69) is 45.6 Å². The van der Waals surface area contributed by atoms with E-state index in [0.717, 1.165) is 12.1 Å². The van der Waals surface area contributed by atoms with E-state index in [4.69, 9.17) is 4.52 Å². The Kier molecular flexibility index (Phi) is 7.83. The van der Waals surface area contributed by atoms with Gasteiger partial charge >= 0.3 is 0 Å². The number of aromatic nitrogens is 2. The van der Waals surface area contributed by atoms with Crippen LogP contribution in [-0.2, 0) is 24.3 Å². The molecular formula is C26H31FN4O2. The zero-order valence-corrected chi connectivity index (χ0v) is 19.1. The third-order valence-electron chi connectivity index (χ3n) is 6.35. The Morgan fingerprint density at radius 2 is 1.82 bits per heavy atom. The van der Waals surface area contributed by atoms with Gasteiger partial charge in [-0.25, -0.2) is 4.39 Å². The van der Waals surface area contributed by atoms with Crippen molar-refractivity contribution in [1.29, 1.82) is 0 Å². The van der Waals surface area contributed by atoms with E-state index in [1.165, 1.54) is 49.8 Å². The molecule has 0 saturated heterocycles. The first kappa shape index (κ1) is 23.1. The molecular weight excluding hydrogens is 419 g/mol. The first-order valence-electron chi connectivity index (χ1n) is 11.7. The van der Waals surface area contributed by atoms with Gasteiger partial charge in [-0.15, -0.1) is 0 Å². The van der Waals surface area contributed by atoms with Crippen LogP contribution in [0.4, 0.5) is 4.39 Å². The molecule has 0 aliphatic heterocycles. The Bertz CT molecular complexity index is 1040. The summed E-state index contributed by atoms with van der Waals surface area (Å²) in [7, 11) is 2.20. The third-order valence-corrected chi connectivity index (χ3v) is 6.35. The second-order valence-electron chi connectivity index (χ2n) is 8.77. The van der Waals surface area contributed by atoms with Crippen LogP contribution in [0.15, 0.2) is 53.1 Å². The molecule has 1 aliphatic rings. The molecule has 174 valence electrons. The fourth-order valence-corrected chi connectivity index (χ4v) is 4.38. The molecule has 0 bridgehead atoms. The Morgan fingerprint density at radius 1 is 1.09 bits per heavy atom. The van der Waals surface area contributed by atoms with Crippen LogP contribution in [0, 0.1) is 5.82 Å². The van der Waals surface area contributed by atoms with Crippen molar-refractivity contribution >= 4 is 5.91 Å². The van der Waals surface area contributed by atoms with Gasteiger partial charge in [0.25, 0.3) is 0 Å². The summed E-state index contributed by atoms with van der Waals surface area (Å²) in [6.45, 7) is 1.39. The molecule has 1 aliphatic carbocycles. The lowest BCUT2D eigenvalue weighted by molar-refractivity contribution is -0.121. The first-order valence-corrected chi connectivity index (χ1v) is 11.7. The van der Waals surface area contributed by atoms with Crippen LogP contribution in [0.5, 0.6) is 0 Å². The second kappa shape index (κ2) is 11.2. The first-order chi connectivity index (χ1) is 16.1. The quantitative estimate of drug-likeness (QED) is 0.503. The summed E-state index contributed by atoms with van der Waals surface area (Å²) in [6.07, 6.45) is 7.14. The molecule has 33 heavy (non-hydrogen) atoms. The molecule has 4 rings (SSSR count). The van der Waals surface area contributed by atoms with Crippen molar-refractivity contribution in [3.8, 4) is 11.4 Å². The van der Waals surface area contributed by atoms with Crippen LogP contribution in [0.25, 0.3) is 11.4 Å². The van der Waals surface area contributed by atoms with E-state index in [-0.39, 0.29) is 18.1 Å². The lowest BCUT2D eigenvalue weighted by atomic mass is 9.94. The Labute approximate surface area is 194 Å². The van der Waals surface area contributed by atoms with Crippen molar-refractivity contribution in [2.75, 3.05) is 7.05 Å². The molecule has 0 spiro atoms. The van der Waals surface area contributed by atoms with Crippen molar-refractivity contribution in [3.05, 3.63) is 71.4 Å². The zero-order valence-electron chi connectivity index (χ0n) is 19.1. The number of carbonyl (C=O) groups excluding carboxylic acids is 1. The van der Waals surface area contributed by atoms with E-state index in [9.17, 15) is 9.18 Å². The van der Waals surface area contributed by atoms with Gasteiger partial charge in [0.2, 0.25) is 17.6 Å². The molecule has 1 aromatic heterocycles. The van der Waals surface area contributed by atoms with E-state index in [1.54, 1.807) is 12.1 Å². The van der Waals surface area contributed by atoms with Gasteiger partial charge in [-0.3, -0.25) is 9.69 Å². The zero-order chi connectivity index (χ0) is 23.0. The van der Waals surface area contributed by atoms with Crippen LogP contribution in [0.2, 0.25) is 0 Å². The monoisotopic (exact) mass is 450 g/mol. The van der Waals surface area contributed by atoms with Crippen molar-refractivity contribution in [2.45, 2.75) is 64.1 Å². The van der Waals surface area contributed by atoms with E-state index in [0.29, 0.717) is 36.3 Å². The van der Waals surface area contributed by atoms with Crippen molar-refractivity contribution in [3.63, 3.8) is 0 Å². The van der Waals surface area contributed by atoms with Gasteiger partial charge < -0.3 is 9.84 Å². The van der Waals surface area contributed by atoms with Crippen molar-refractivity contribution < 1.29 is 13.7 Å². The molecule has 1 amide bonds. The average Bonchev–Trinajstić information content (AvgIpc) is 3.32. The topological polar surface area (TPSA) is 71.3 Å². The maximum absolute atomic E-state index is 13.1. The van der Waals surface area contributed by atoms with E-state index in [1.807, 2.05) is 6.07 Å². The van der Waals surface area contributed by atoms with Gasteiger partial charge in [0.05, 0.1) is 0 Å². The molecule has 0 radical (unpaired) electrons. The molecule has 6 nitrogen and oxygen atoms in total. The van der Waals surface area contributed by atoms with Crippen molar-refractivity contribution in [1.82, 2.24) is 20.4 Å². The lowest BCUT2D eigenvalue weighted by Crippen LogP contribution is -2.33. The Morgan fingerprint density at radius 3 is 2.58 bits per heavy atom. The predicted molar refractivity (Wildman–Crippen MR) is 125 cm³/mol. The number of nitrogens with one attached hydrogen (secondary N) is 1. The lowest BCUT2D eigenvalue weighted by Gasteiger charge is -2.31. The number of benzene rings is 2. The largest absolute Gasteiger partial charge is 0.352 e. The van der Waals surface area contributed by atoms with Gasteiger partial charge in [0, 0.05) is 37.5 Å². The highest BCUT2D eigenvalue weighted by molar-refractivity contribution is 5.76. The van der Waals surface area contributed by atoms with Gasteiger partial charge in [-0.1, -0.05) is 48.7 Å². The van der Waals surface area contributed by atoms with Gasteiger partial charge in [-0.05, 0) is 55.3 Å². The number of aryl methyl sites for hydroxylation is 1. The molecule has 0 unspecified atom stereocenters. The minimum atomic E-state index is -0.318. The third kappa shape index (κ3) is 6.48. The number of hydrogen-bond donors (Lipinski definition) is 1. The van der Waals surface area contributed by atoms with E-state index < -0.39 is 0 Å². The Hall–Kier alpha value is -3.06. The highest BCUT2D eigenvalue weighted by Crippen LogP contribution is 2.23. The van der Waals surface area contributed by atoms with Crippen LogP contribution < -0.4 is 5.32 Å². The van der Waals surface area contributed by atoms with Crippen LogP contribution in [0.3, 0.4) is 0 Å². The van der Waals surface area contributed by atoms with Gasteiger partial charge in [0.15, 0.2) is 0 Å². The molecule has 1 fully saturated rings. The number of halogens is 1. The highest BCUT2D eigenvalue weighted by atomic mass is 19.1. The molecule has 3 aromatic rings. The molecule has 1 N–H and O–H groups in total. The number of nitrogens with zero attached hydrogens (tertiary/aromatic N) is 3. The van der Waals surface area contributed by atoms with E-state index >= 15 is 0 Å². The maximum Gasteiger partial charge on any atom is 0.227 e. The molecule has 7 heteroatoms. The molecule has 0 atom stereocenters. The summed E-state index contributed by atoms with van der Waals surface area (Å²) in [5, 5.41) is 6.94. The minimum Gasteiger partial charge on any atom is -0.352 e. The van der Waals surface area contributed by atoms with Crippen molar-refractivity contribution in [2.24, 2.45) is 0 Å². The number of amides is 1. The van der Waals surface area contributed by atoms with Gasteiger partial charge in [0.1, 0.15) is 5.82 Å². The number of rotatable bonds is 9. The van der Waals surface area contributed by atoms with Crippen LogP contribution in [-0.4, -0.2) is 34.0 Å². The molecule has 2 aromatic carbocycles. The highest BCUT2D eigenvalue weighted by Gasteiger charge is 2.19. The Balaban J connectivity index is 1.27. The number of hydrogen-bond acceptors (Lipinski definition) is 5. The smallest absolute Gasteiger partial charge is 0.227 e. The summed E-state index contributed by atoms with van der Waals surface area (Å²) in [5.41, 5.74) is 3.07. The van der Waals surface area contributed by atoms with Crippen LogP contribution >= 0.6 is 0 Å². The summed E-state index contributed by atoms with van der Waals surface area (Å²) < 4.78 is 18.3. The van der Waals surface area contributed by atoms with Crippen LogP contribution in [0.1, 0.15) is 55.5 Å². The average molecular weight is 451 g/mol. The number of carbonyl (C=O) groups is 1. The van der Waals surface area contributed by atoms with Gasteiger partial charge in [-0.2, -0.15) is 4.98 Å². The summed E-state index contributed by atoms with van der Waals surface area (Å²) in [5.74, 6) is 0.397. The maximum atomic E-state index is 13.1. The second-order valence-corrected chi connectivity index (χ2v) is 8.77. The predicted octanol–water partition coefficient (Wildman–Crippen LogP) is 4.89. The molecule has 1 saturated carbocycles. The summed E-state index contributed by atoms with van der Waals surface area (Å²) in [4.78, 5) is 19.2. The fourth-order valence-electron chi connectivity index (χ4n) is 4.38. The summed E-state index contributed by atoms with van der Waals surface area (Å²) >= 11 is 0. The SMILES string of the molecule is CN(Cc1ccccc1CNC(=O)CCc1nc(-c2ccc(F)cc2)no1)C1CCCCC1. The molecule has 1 heterocycles. The normalized spacial score (nSPS) is 14.5. The minimum absolute atomic E-state index is 0.0630. The fraction of sp³-hybridized carbons (Fsp3) is 0.423. The summed E-state index contributed by atoms with van der Waals surface area (Å²) in [6, 6.07) is 14.8. The standard InChI is InChI=1S/C26H31FN4O2/c1-31(23-9-3-2-4-10-23)18-21-8-6-5-7-20(21)17-28-24(32)15-16-25-29-26(30-33-25)19-11-13-22(27)14-12-19/h5-8,11-14,23H,2-4,9-10,15-18H2,1H3,(H,28,32).